The third kappa shape index (κ3) is 2.34. The van der Waals surface area contributed by atoms with Crippen LogP contribution in [0.25, 0.3) is 27.8 Å². The summed E-state index contributed by atoms with van der Waals surface area (Å²) in [6.07, 6.45) is 2.81. The Balaban J connectivity index is 2.09. The maximum atomic E-state index is 11.6. The highest BCUT2D eigenvalue weighted by Gasteiger charge is 2.26. The predicted octanol–water partition coefficient (Wildman–Crippen LogP) is 1.26. The second-order valence-electron chi connectivity index (χ2n) is 6.19. The topological polar surface area (TPSA) is 125 Å². The van der Waals surface area contributed by atoms with Crippen LogP contribution in [-0.2, 0) is 7.05 Å². The van der Waals surface area contributed by atoms with Crippen LogP contribution in [0, 0.1) is 10.1 Å². The smallest absolute Gasteiger partial charge is 0.411 e. The number of hydrogen-bond acceptors (Lipinski definition) is 8. The number of nitro groups is 1. The number of hydrogen-bond donors (Lipinski definition) is 0. The van der Waals surface area contributed by atoms with Crippen molar-refractivity contribution in [1.29, 1.82) is 0 Å². The van der Waals surface area contributed by atoms with E-state index < -0.39 is 27.4 Å². The van der Waals surface area contributed by atoms with E-state index in [1.54, 1.807) is 11.6 Å². The lowest BCUT2D eigenvalue weighted by Gasteiger charge is -2.21. The van der Waals surface area contributed by atoms with E-state index in [0.717, 1.165) is 25.1 Å². The standard InChI is InChI=1S/C16H14N4O6/c1-18-5-3-8(4-6-18)14-17-11-9(19(14)2)7-10(20(23)24)12-13(11)26-16(22)15(21)25-12/h3,7H,4-6H2,1-2H3. The Bertz CT molecular complexity index is 1220. The lowest BCUT2D eigenvalue weighted by Crippen LogP contribution is -2.24. The monoisotopic (exact) mass is 358 g/mol. The van der Waals surface area contributed by atoms with E-state index in [1.807, 2.05) is 13.1 Å². The molecule has 26 heavy (non-hydrogen) atoms. The Kier molecular flexibility index (Phi) is 3.51. The number of nitrogens with zero attached hydrogens (tertiary/aromatic N) is 4. The second kappa shape index (κ2) is 5.63. The fourth-order valence-electron chi connectivity index (χ4n) is 3.12. The van der Waals surface area contributed by atoms with E-state index >= 15 is 0 Å². The molecule has 2 aromatic heterocycles. The largest absolute Gasteiger partial charge is 0.423 e. The van der Waals surface area contributed by atoms with Crippen LogP contribution in [0.5, 0.6) is 0 Å². The van der Waals surface area contributed by atoms with Crippen LogP contribution in [0.15, 0.2) is 30.6 Å². The third-order valence-corrected chi connectivity index (χ3v) is 4.52. The van der Waals surface area contributed by atoms with Gasteiger partial charge in [0.1, 0.15) is 11.3 Å². The number of benzene rings is 1. The minimum atomic E-state index is -1.30. The zero-order valence-corrected chi connectivity index (χ0v) is 14.0. The van der Waals surface area contributed by atoms with Crippen molar-refractivity contribution in [3.8, 4) is 0 Å². The van der Waals surface area contributed by atoms with Gasteiger partial charge in [-0.25, -0.2) is 14.6 Å². The molecule has 1 aromatic carbocycles. The van der Waals surface area contributed by atoms with Gasteiger partial charge in [0.25, 0.3) is 5.58 Å². The Labute approximate surface area is 145 Å². The molecule has 0 spiro atoms. The first-order valence-electron chi connectivity index (χ1n) is 7.86. The number of aromatic nitrogens is 2. The van der Waals surface area contributed by atoms with Gasteiger partial charge in [0, 0.05) is 26.2 Å². The Morgan fingerprint density at radius 2 is 1.88 bits per heavy atom. The number of fused-ring (bicyclic) bond motifs is 3. The van der Waals surface area contributed by atoms with Gasteiger partial charge in [-0.05, 0) is 19.0 Å². The molecule has 3 heterocycles. The molecule has 10 nitrogen and oxygen atoms in total. The molecule has 0 unspecified atom stereocenters. The quantitative estimate of drug-likeness (QED) is 0.381. The van der Waals surface area contributed by atoms with Crippen molar-refractivity contribution < 1.29 is 13.8 Å². The Morgan fingerprint density at radius 3 is 2.50 bits per heavy atom. The van der Waals surface area contributed by atoms with Gasteiger partial charge in [-0.2, -0.15) is 0 Å². The first kappa shape index (κ1) is 16.2. The van der Waals surface area contributed by atoms with Gasteiger partial charge in [0.05, 0.1) is 10.4 Å². The zero-order valence-electron chi connectivity index (χ0n) is 14.0. The van der Waals surface area contributed by atoms with Crippen molar-refractivity contribution in [1.82, 2.24) is 14.5 Å². The molecule has 4 rings (SSSR count). The van der Waals surface area contributed by atoms with Gasteiger partial charge in [0.15, 0.2) is 0 Å². The van der Waals surface area contributed by atoms with Gasteiger partial charge in [-0.3, -0.25) is 10.1 Å². The van der Waals surface area contributed by atoms with Crippen LogP contribution in [0.1, 0.15) is 12.2 Å². The molecule has 3 aromatic rings. The number of imidazole rings is 1. The highest BCUT2D eigenvalue weighted by Crippen LogP contribution is 2.34. The van der Waals surface area contributed by atoms with Crippen molar-refractivity contribution in [2.45, 2.75) is 6.42 Å². The normalized spacial score (nSPS) is 15.5. The summed E-state index contributed by atoms with van der Waals surface area (Å²) in [4.78, 5) is 40.4. The molecule has 0 atom stereocenters. The molecule has 0 saturated heterocycles. The zero-order chi connectivity index (χ0) is 18.6. The van der Waals surface area contributed by atoms with Gasteiger partial charge in [0.2, 0.25) is 5.58 Å². The molecule has 0 radical (unpaired) electrons. The Hall–Kier alpha value is -3.27. The van der Waals surface area contributed by atoms with E-state index in [9.17, 15) is 19.7 Å². The van der Waals surface area contributed by atoms with Crippen molar-refractivity contribution >= 4 is 33.5 Å². The number of rotatable bonds is 2. The maximum Gasteiger partial charge on any atom is 0.423 e. The molecular weight excluding hydrogens is 344 g/mol. The summed E-state index contributed by atoms with van der Waals surface area (Å²) in [6, 6.07) is 1.27. The minimum absolute atomic E-state index is 0.200. The summed E-state index contributed by atoms with van der Waals surface area (Å²) in [5.41, 5.74) is -1.93. The summed E-state index contributed by atoms with van der Waals surface area (Å²) in [5, 5.41) is 11.4. The number of nitro benzene ring substituents is 1. The van der Waals surface area contributed by atoms with Crippen LogP contribution in [-0.4, -0.2) is 39.5 Å². The molecule has 1 aliphatic rings. The van der Waals surface area contributed by atoms with E-state index in [-0.39, 0.29) is 11.1 Å². The molecule has 0 aliphatic carbocycles. The fourth-order valence-corrected chi connectivity index (χ4v) is 3.12. The lowest BCUT2D eigenvalue weighted by atomic mass is 10.1. The maximum absolute atomic E-state index is 11.6. The molecule has 0 fully saturated rings. The van der Waals surface area contributed by atoms with E-state index in [1.165, 1.54) is 6.07 Å². The molecule has 0 bridgehead atoms. The van der Waals surface area contributed by atoms with Crippen LogP contribution in [0.3, 0.4) is 0 Å². The van der Waals surface area contributed by atoms with Gasteiger partial charge in [-0.1, -0.05) is 6.08 Å². The molecule has 1 aliphatic heterocycles. The second-order valence-corrected chi connectivity index (χ2v) is 6.19. The average Bonchev–Trinajstić information content (AvgIpc) is 2.93. The van der Waals surface area contributed by atoms with Gasteiger partial charge in [-0.15, -0.1) is 0 Å². The van der Waals surface area contributed by atoms with E-state index in [2.05, 4.69) is 9.88 Å². The minimum Gasteiger partial charge on any atom is -0.411 e. The van der Waals surface area contributed by atoms with Crippen molar-refractivity contribution in [2.24, 2.45) is 7.05 Å². The van der Waals surface area contributed by atoms with Crippen LogP contribution < -0.4 is 11.3 Å². The molecule has 0 saturated carbocycles. The number of non-ortho nitro benzene ring substituents is 1. The van der Waals surface area contributed by atoms with Crippen molar-refractivity contribution in [3.63, 3.8) is 0 Å². The first-order chi connectivity index (χ1) is 12.4. The van der Waals surface area contributed by atoms with E-state index in [4.69, 9.17) is 8.83 Å². The number of likely N-dealkylation sites (N-methyl/N-ethyl adjacent to an activating group) is 1. The molecular formula is C16H14N4O6. The van der Waals surface area contributed by atoms with Crippen LogP contribution in [0.2, 0.25) is 0 Å². The summed E-state index contributed by atoms with van der Waals surface area (Å²) >= 11 is 0. The Morgan fingerprint density at radius 1 is 1.19 bits per heavy atom. The third-order valence-electron chi connectivity index (χ3n) is 4.52. The lowest BCUT2D eigenvalue weighted by molar-refractivity contribution is -0.383. The summed E-state index contributed by atoms with van der Waals surface area (Å²) in [6.45, 7) is 1.63. The van der Waals surface area contributed by atoms with Crippen molar-refractivity contribution in [3.05, 3.63) is 48.9 Å². The highest BCUT2D eigenvalue weighted by atomic mass is 16.6. The SMILES string of the molecule is CN1CC=C(c2nc3c4oc(=O)c(=O)oc4c([N+](=O)[O-])cc3n2C)CC1. The summed E-state index contributed by atoms with van der Waals surface area (Å²) in [7, 11) is 3.74. The average molecular weight is 358 g/mol. The fraction of sp³-hybridized carbons (Fsp3) is 0.312. The van der Waals surface area contributed by atoms with Gasteiger partial charge < -0.3 is 18.3 Å². The highest BCUT2D eigenvalue weighted by molar-refractivity contribution is 6.03. The molecule has 0 amide bonds. The van der Waals surface area contributed by atoms with Gasteiger partial charge >= 0.3 is 16.9 Å². The predicted molar refractivity (Wildman–Crippen MR) is 92.0 cm³/mol. The summed E-state index contributed by atoms with van der Waals surface area (Å²) < 4.78 is 11.5. The first-order valence-corrected chi connectivity index (χ1v) is 7.86. The molecule has 0 N–H and O–H groups in total. The molecule has 10 heteroatoms. The van der Waals surface area contributed by atoms with Crippen LogP contribution in [0.4, 0.5) is 5.69 Å². The molecule has 134 valence electrons. The van der Waals surface area contributed by atoms with Crippen molar-refractivity contribution in [2.75, 3.05) is 20.1 Å². The number of aryl methyl sites for hydroxylation is 1. The van der Waals surface area contributed by atoms with Crippen LogP contribution >= 0.6 is 0 Å². The van der Waals surface area contributed by atoms with E-state index in [0.29, 0.717) is 11.3 Å². The summed E-state index contributed by atoms with van der Waals surface area (Å²) in [5.74, 6) is 0.628.